The molecule has 0 aliphatic carbocycles. The van der Waals surface area contributed by atoms with Crippen LogP contribution in [0.15, 0.2) is 24.3 Å². The fourth-order valence-corrected chi connectivity index (χ4v) is 1.44. The van der Waals surface area contributed by atoms with Crippen LogP contribution in [-0.4, -0.2) is 25.0 Å². The first-order valence-electron chi connectivity index (χ1n) is 5.14. The summed E-state index contributed by atoms with van der Waals surface area (Å²) < 4.78 is 4.51. The van der Waals surface area contributed by atoms with Crippen LogP contribution in [0.5, 0.6) is 0 Å². The van der Waals surface area contributed by atoms with Crippen molar-refractivity contribution >= 4 is 23.5 Å². The molecule has 17 heavy (non-hydrogen) atoms. The molecule has 0 radical (unpaired) electrons. The van der Waals surface area contributed by atoms with Crippen LogP contribution < -0.4 is 5.32 Å². The Bertz CT molecular complexity index is 403. The molecule has 1 rings (SSSR count). The van der Waals surface area contributed by atoms with Gasteiger partial charge in [-0.1, -0.05) is 23.7 Å². The number of benzene rings is 1. The van der Waals surface area contributed by atoms with E-state index in [1.807, 2.05) is 0 Å². The van der Waals surface area contributed by atoms with Crippen molar-refractivity contribution in [2.24, 2.45) is 0 Å². The van der Waals surface area contributed by atoms with Gasteiger partial charge in [0.1, 0.15) is 6.04 Å². The molecule has 4 nitrogen and oxygen atoms in total. The Labute approximate surface area is 105 Å². The third-order valence-electron chi connectivity index (χ3n) is 2.21. The summed E-state index contributed by atoms with van der Waals surface area (Å²) in [5.74, 6) is -0.695. The zero-order chi connectivity index (χ0) is 12.8. The number of nitrogens with one attached hydrogen (secondary N) is 1. The maximum Gasteiger partial charge on any atom is 0.328 e. The van der Waals surface area contributed by atoms with E-state index in [0.29, 0.717) is 5.02 Å². The highest BCUT2D eigenvalue weighted by Gasteiger charge is 2.15. The van der Waals surface area contributed by atoms with E-state index in [2.05, 4.69) is 10.1 Å². The first-order valence-corrected chi connectivity index (χ1v) is 5.52. The summed E-state index contributed by atoms with van der Waals surface area (Å²) in [6.45, 7) is 1.57. The number of esters is 1. The number of carbonyl (C=O) groups excluding carboxylic acids is 2. The van der Waals surface area contributed by atoms with E-state index in [-0.39, 0.29) is 12.3 Å². The van der Waals surface area contributed by atoms with E-state index in [9.17, 15) is 9.59 Å². The Hall–Kier alpha value is -1.55. The van der Waals surface area contributed by atoms with Crippen LogP contribution in [0.3, 0.4) is 0 Å². The van der Waals surface area contributed by atoms with Crippen molar-refractivity contribution in [2.45, 2.75) is 19.4 Å². The van der Waals surface area contributed by atoms with Crippen LogP contribution in [0.25, 0.3) is 0 Å². The SMILES string of the molecule is COC(=O)[C@@H](C)NC(=O)Cc1ccc(Cl)cc1. The van der Waals surface area contributed by atoms with Gasteiger partial charge in [-0.3, -0.25) is 4.79 Å². The van der Waals surface area contributed by atoms with Crippen molar-refractivity contribution in [2.75, 3.05) is 7.11 Å². The van der Waals surface area contributed by atoms with Gasteiger partial charge in [0.05, 0.1) is 13.5 Å². The molecule has 1 atom stereocenters. The third-order valence-corrected chi connectivity index (χ3v) is 2.46. The second kappa shape index (κ2) is 6.25. The molecule has 92 valence electrons. The van der Waals surface area contributed by atoms with Crippen molar-refractivity contribution in [1.82, 2.24) is 5.32 Å². The minimum absolute atomic E-state index is 0.207. The Morgan fingerprint density at radius 2 is 1.94 bits per heavy atom. The van der Waals surface area contributed by atoms with Gasteiger partial charge in [-0.2, -0.15) is 0 Å². The monoisotopic (exact) mass is 255 g/mol. The summed E-state index contributed by atoms with van der Waals surface area (Å²) in [4.78, 5) is 22.7. The van der Waals surface area contributed by atoms with Crippen LogP contribution in [0, 0.1) is 0 Å². The second-order valence-electron chi connectivity index (χ2n) is 3.62. The molecule has 0 spiro atoms. The molecular weight excluding hydrogens is 242 g/mol. The predicted octanol–water partition coefficient (Wildman–Crippen LogP) is 1.56. The van der Waals surface area contributed by atoms with Crippen molar-refractivity contribution in [3.63, 3.8) is 0 Å². The lowest BCUT2D eigenvalue weighted by Crippen LogP contribution is -2.39. The summed E-state index contributed by atoms with van der Waals surface area (Å²) in [5, 5.41) is 3.17. The molecule has 1 amide bonds. The van der Waals surface area contributed by atoms with Crippen LogP contribution in [0.4, 0.5) is 0 Å². The molecule has 0 bridgehead atoms. The Morgan fingerprint density at radius 3 is 2.47 bits per heavy atom. The molecule has 0 aliphatic rings. The normalized spacial score (nSPS) is 11.7. The highest BCUT2D eigenvalue weighted by Crippen LogP contribution is 2.09. The predicted molar refractivity (Wildman–Crippen MR) is 64.8 cm³/mol. The largest absolute Gasteiger partial charge is 0.467 e. The van der Waals surface area contributed by atoms with Crippen LogP contribution in [-0.2, 0) is 20.7 Å². The first-order chi connectivity index (χ1) is 8.02. The van der Waals surface area contributed by atoms with Crippen LogP contribution >= 0.6 is 11.6 Å². The number of hydrogen-bond donors (Lipinski definition) is 1. The van der Waals surface area contributed by atoms with Gasteiger partial charge < -0.3 is 10.1 Å². The molecule has 0 saturated carbocycles. The molecular formula is C12H14ClNO3. The van der Waals surface area contributed by atoms with Gasteiger partial charge in [0.25, 0.3) is 0 Å². The summed E-state index contributed by atoms with van der Waals surface area (Å²) in [7, 11) is 1.28. The van der Waals surface area contributed by atoms with E-state index >= 15 is 0 Å². The Morgan fingerprint density at radius 1 is 1.35 bits per heavy atom. The number of hydrogen-bond acceptors (Lipinski definition) is 3. The zero-order valence-electron chi connectivity index (χ0n) is 9.70. The lowest BCUT2D eigenvalue weighted by molar-refractivity contribution is -0.144. The van der Waals surface area contributed by atoms with Crippen LogP contribution in [0.1, 0.15) is 12.5 Å². The van der Waals surface area contributed by atoms with Crippen molar-refractivity contribution < 1.29 is 14.3 Å². The molecule has 1 aromatic rings. The van der Waals surface area contributed by atoms with Crippen LogP contribution in [0.2, 0.25) is 5.02 Å². The molecule has 0 heterocycles. The summed E-state index contributed by atoms with van der Waals surface area (Å²) >= 11 is 5.73. The van der Waals surface area contributed by atoms with Crippen molar-refractivity contribution in [3.8, 4) is 0 Å². The zero-order valence-corrected chi connectivity index (χ0v) is 10.5. The topological polar surface area (TPSA) is 55.4 Å². The van der Waals surface area contributed by atoms with Gasteiger partial charge >= 0.3 is 5.97 Å². The number of rotatable bonds is 4. The molecule has 5 heteroatoms. The number of halogens is 1. The number of ether oxygens (including phenoxy) is 1. The maximum atomic E-state index is 11.6. The van der Waals surface area contributed by atoms with Gasteiger partial charge in [0, 0.05) is 5.02 Å². The Kier molecular flexibility index (Phi) is 4.97. The quantitative estimate of drug-likeness (QED) is 0.831. The fraction of sp³-hybridized carbons (Fsp3) is 0.333. The van der Waals surface area contributed by atoms with E-state index in [1.165, 1.54) is 7.11 Å². The van der Waals surface area contributed by atoms with Gasteiger partial charge in [0.2, 0.25) is 5.91 Å². The van der Waals surface area contributed by atoms with E-state index in [1.54, 1.807) is 31.2 Å². The maximum absolute atomic E-state index is 11.6. The number of carbonyl (C=O) groups is 2. The van der Waals surface area contributed by atoms with Gasteiger partial charge in [-0.15, -0.1) is 0 Å². The third kappa shape index (κ3) is 4.44. The molecule has 1 N–H and O–H groups in total. The number of methoxy groups -OCH3 is 1. The molecule has 0 aliphatic heterocycles. The molecule has 0 unspecified atom stereocenters. The lowest BCUT2D eigenvalue weighted by Gasteiger charge is -2.11. The molecule has 1 aromatic carbocycles. The first kappa shape index (κ1) is 13.5. The fourth-order valence-electron chi connectivity index (χ4n) is 1.32. The number of amides is 1. The summed E-state index contributed by atoms with van der Waals surface area (Å²) in [5.41, 5.74) is 0.837. The summed E-state index contributed by atoms with van der Waals surface area (Å²) in [6, 6.07) is 6.33. The smallest absolute Gasteiger partial charge is 0.328 e. The van der Waals surface area contributed by atoms with E-state index in [4.69, 9.17) is 11.6 Å². The minimum atomic E-state index is -0.639. The van der Waals surface area contributed by atoms with Crippen molar-refractivity contribution in [1.29, 1.82) is 0 Å². The lowest BCUT2D eigenvalue weighted by atomic mass is 10.1. The summed E-state index contributed by atoms with van der Waals surface area (Å²) in [6.07, 6.45) is 0.207. The van der Waals surface area contributed by atoms with Gasteiger partial charge in [0.15, 0.2) is 0 Å². The van der Waals surface area contributed by atoms with E-state index < -0.39 is 12.0 Å². The molecule has 0 saturated heterocycles. The molecule has 0 fully saturated rings. The van der Waals surface area contributed by atoms with Crippen molar-refractivity contribution in [3.05, 3.63) is 34.9 Å². The van der Waals surface area contributed by atoms with Gasteiger partial charge in [-0.25, -0.2) is 4.79 Å². The average molecular weight is 256 g/mol. The second-order valence-corrected chi connectivity index (χ2v) is 4.05. The van der Waals surface area contributed by atoms with Gasteiger partial charge in [-0.05, 0) is 24.6 Å². The standard InChI is InChI=1S/C12H14ClNO3/c1-8(12(16)17-2)14-11(15)7-9-3-5-10(13)6-4-9/h3-6,8H,7H2,1-2H3,(H,14,15)/t8-/m1/s1. The Balaban J connectivity index is 2.50. The highest BCUT2D eigenvalue weighted by atomic mass is 35.5. The highest BCUT2D eigenvalue weighted by molar-refractivity contribution is 6.30. The molecule has 0 aromatic heterocycles. The minimum Gasteiger partial charge on any atom is -0.467 e. The average Bonchev–Trinajstić information content (AvgIpc) is 2.30. The van der Waals surface area contributed by atoms with E-state index in [0.717, 1.165) is 5.56 Å².